The molecule has 0 aliphatic carbocycles. The Balaban J connectivity index is 2.73. The first-order valence-electron chi connectivity index (χ1n) is 5.94. The maximum atomic E-state index is 12.1. The molecule has 0 fully saturated rings. The number of benzene rings is 1. The highest BCUT2D eigenvalue weighted by molar-refractivity contribution is 7.98. The molecule has 3 N–H and O–H groups in total. The highest BCUT2D eigenvalue weighted by Crippen LogP contribution is 2.16. The second-order valence-corrected chi connectivity index (χ2v) is 6.71. The van der Waals surface area contributed by atoms with Crippen molar-refractivity contribution in [2.45, 2.75) is 17.9 Å². The molecule has 0 saturated carbocycles. The Labute approximate surface area is 119 Å². The molecule has 1 aromatic carbocycles. The third kappa shape index (κ3) is 5.40. The Morgan fingerprint density at radius 3 is 2.53 bits per heavy atom. The number of thioether (sulfide) groups is 1. The van der Waals surface area contributed by atoms with Crippen LogP contribution >= 0.6 is 11.8 Å². The second-order valence-electron chi connectivity index (χ2n) is 4.09. The van der Waals surface area contributed by atoms with E-state index < -0.39 is 10.0 Å². The third-order valence-corrected chi connectivity index (χ3v) is 4.73. The zero-order chi connectivity index (χ0) is 14.3. The first-order valence-corrected chi connectivity index (χ1v) is 8.81. The standard InChI is InChI=1S/C12H20N2O3S2/c1-10(9-18-2)14-19(15,16)12-5-3-11(4-6-12)17-8-7-13/h3-6,10,14H,7-9,13H2,1-2H3. The van der Waals surface area contributed by atoms with Crippen LogP contribution in [0.2, 0.25) is 0 Å². The fraction of sp³-hybridized carbons (Fsp3) is 0.500. The summed E-state index contributed by atoms with van der Waals surface area (Å²) in [5, 5.41) is 0. The maximum Gasteiger partial charge on any atom is 0.240 e. The maximum absolute atomic E-state index is 12.1. The molecule has 0 aliphatic rings. The average molecular weight is 304 g/mol. The molecule has 0 amide bonds. The highest BCUT2D eigenvalue weighted by Gasteiger charge is 2.16. The van der Waals surface area contributed by atoms with Gasteiger partial charge in [0, 0.05) is 18.3 Å². The van der Waals surface area contributed by atoms with Crippen molar-refractivity contribution in [3.05, 3.63) is 24.3 Å². The Hall–Kier alpha value is -0.760. The first-order chi connectivity index (χ1) is 8.99. The molecule has 5 nitrogen and oxygen atoms in total. The lowest BCUT2D eigenvalue weighted by Crippen LogP contribution is -2.34. The number of rotatable bonds is 8. The monoisotopic (exact) mass is 304 g/mol. The lowest BCUT2D eigenvalue weighted by molar-refractivity contribution is 0.328. The lowest BCUT2D eigenvalue weighted by Gasteiger charge is -2.13. The van der Waals surface area contributed by atoms with Crippen LogP contribution in [-0.4, -0.2) is 39.6 Å². The van der Waals surface area contributed by atoms with Crippen LogP contribution in [0.3, 0.4) is 0 Å². The predicted octanol–water partition coefficient (Wildman–Crippen LogP) is 1.05. The van der Waals surface area contributed by atoms with Crippen LogP contribution in [0.25, 0.3) is 0 Å². The molecule has 0 aromatic heterocycles. The largest absolute Gasteiger partial charge is 0.492 e. The van der Waals surface area contributed by atoms with E-state index in [9.17, 15) is 8.42 Å². The molecule has 0 bridgehead atoms. The fourth-order valence-corrected chi connectivity index (χ4v) is 3.44. The van der Waals surface area contributed by atoms with Crippen LogP contribution in [0.5, 0.6) is 5.75 Å². The lowest BCUT2D eigenvalue weighted by atomic mass is 10.3. The number of hydrogen-bond donors (Lipinski definition) is 2. The number of ether oxygens (including phenoxy) is 1. The van der Waals surface area contributed by atoms with Gasteiger partial charge in [-0.25, -0.2) is 13.1 Å². The van der Waals surface area contributed by atoms with Crippen molar-refractivity contribution in [3.63, 3.8) is 0 Å². The summed E-state index contributed by atoms with van der Waals surface area (Å²) in [4.78, 5) is 0.237. The minimum atomic E-state index is -3.46. The quantitative estimate of drug-likeness (QED) is 0.750. The normalized spacial score (nSPS) is 13.2. The van der Waals surface area contributed by atoms with Gasteiger partial charge in [-0.1, -0.05) is 0 Å². The van der Waals surface area contributed by atoms with E-state index >= 15 is 0 Å². The van der Waals surface area contributed by atoms with Gasteiger partial charge >= 0.3 is 0 Å². The molecule has 1 unspecified atom stereocenters. The molecule has 7 heteroatoms. The number of hydrogen-bond acceptors (Lipinski definition) is 5. The molecule has 0 saturated heterocycles. The molecular weight excluding hydrogens is 284 g/mol. The first kappa shape index (κ1) is 16.3. The van der Waals surface area contributed by atoms with Crippen LogP contribution in [0.15, 0.2) is 29.2 Å². The molecule has 19 heavy (non-hydrogen) atoms. The summed E-state index contributed by atoms with van der Waals surface area (Å²) in [6, 6.07) is 6.21. The summed E-state index contributed by atoms with van der Waals surface area (Å²) >= 11 is 1.60. The van der Waals surface area contributed by atoms with E-state index in [0.29, 0.717) is 18.9 Å². The number of nitrogens with two attached hydrogens (primary N) is 1. The minimum Gasteiger partial charge on any atom is -0.492 e. The minimum absolute atomic E-state index is 0.104. The van der Waals surface area contributed by atoms with Gasteiger partial charge in [-0.2, -0.15) is 11.8 Å². The van der Waals surface area contributed by atoms with Crippen LogP contribution in [0, 0.1) is 0 Å². The Kier molecular flexibility index (Phi) is 6.64. The van der Waals surface area contributed by atoms with Crippen LogP contribution in [0.4, 0.5) is 0 Å². The van der Waals surface area contributed by atoms with E-state index in [4.69, 9.17) is 10.5 Å². The van der Waals surface area contributed by atoms with Gasteiger partial charge in [-0.3, -0.25) is 0 Å². The Morgan fingerprint density at radius 2 is 2.00 bits per heavy atom. The summed E-state index contributed by atoms with van der Waals surface area (Å²) in [6.45, 7) is 2.68. The van der Waals surface area contributed by atoms with Crippen molar-refractivity contribution in [2.24, 2.45) is 5.73 Å². The zero-order valence-electron chi connectivity index (χ0n) is 11.1. The summed E-state index contributed by atoms with van der Waals surface area (Å²) in [5.74, 6) is 1.35. The molecule has 0 aliphatic heterocycles. The predicted molar refractivity (Wildman–Crippen MR) is 79.2 cm³/mol. The molecule has 0 radical (unpaired) electrons. The summed E-state index contributed by atoms with van der Waals surface area (Å²) < 4.78 is 32.0. The van der Waals surface area contributed by atoms with Gasteiger partial charge in [0.2, 0.25) is 10.0 Å². The fourth-order valence-electron chi connectivity index (χ4n) is 1.51. The van der Waals surface area contributed by atoms with E-state index in [1.165, 1.54) is 12.1 Å². The smallest absolute Gasteiger partial charge is 0.240 e. The number of sulfonamides is 1. The summed E-state index contributed by atoms with van der Waals surface area (Å²) in [5.41, 5.74) is 5.33. The van der Waals surface area contributed by atoms with Gasteiger partial charge in [-0.15, -0.1) is 0 Å². The van der Waals surface area contributed by atoms with Gasteiger partial charge < -0.3 is 10.5 Å². The van der Waals surface area contributed by atoms with Crippen molar-refractivity contribution in [1.29, 1.82) is 0 Å². The topological polar surface area (TPSA) is 81.4 Å². The van der Waals surface area contributed by atoms with Crippen molar-refractivity contribution in [1.82, 2.24) is 4.72 Å². The van der Waals surface area contributed by atoms with Gasteiger partial charge in [-0.05, 0) is 37.4 Å². The van der Waals surface area contributed by atoms with Crippen molar-refractivity contribution in [3.8, 4) is 5.75 Å². The van der Waals surface area contributed by atoms with Crippen LogP contribution in [0.1, 0.15) is 6.92 Å². The summed E-state index contributed by atoms with van der Waals surface area (Å²) in [6.07, 6.45) is 1.94. The van der Waals surface area contributed by atoms with Gasteiger partial charge in [0.1, 0.15) is 12.4 Å². The molecule has 1 aromatic rings. The summed E-state index contributed by atoms with van der Waals surface area (Å²) in [7, 11) is -3.46. The zero-order valence-corrected chi connectivity index (χ0v) is 12.8. The van der Waals surface area contributed by atoms with Crippen molar-refractivity contribution >= 4 is 21.8 Å². The van der Waals surface area contributed by atoms with Gasteiger partial charge in [0.05, 0.1) is 4.90 Å². The highest BCUT2D eigenvalue weighted by atomic mass is 32.2. The van der Waals surface area contributed by atoms with E-state index in [0.717, 1.165) is 5.75 Å². The molecule has 0 heterocycles. The van der Waals surface area contributed by atoms with Crippen LogP contribution in [-0.2, 0) is 10.0 Å². The van der Waals surface area contributed by atoms with Crippen molar-refractivity contribution in [2.75, 3.05) is 25.2 Å². The molecule has 0 spiro atoms. The molecular formula is C12H20N2O3S2. The van der Waals surface area contributed by atoms with Gasteiger partial charge in [0.15, 0.2) is 0 Å². The molecule has 1 atom stereocenters. The average Bonchev–Trinajstić information content (AvgIpc) is 2.36. The Bertz CT molecular complexity index is 474. The van der Waals surface area contributed by atoms with E-state index in [1.807, 2.05) is 13.2 Å². The van der Waals surface area contributed by atoms with Gasteiger partial charge in [0.25, 0.3) is 0 Å². The SMILES string of the molecule is CSCC(C)NS(=O)(=O)c1ccc(OCCN)cc1. The van der Waals surface area contributed by atoms with E-state index in [2.05, 4.69) is 4.72 Å². The Morgan fingerprint density at radius 1 is 1.37 bits per heavy atom. The van der Waals surface area contributed by atoms with E-state index in [-0.39, 0.29) is 10.9 Å². The molecule has 1 rings (SSSR count). The van der Waals surface area contributed by atoms with E-state index in [1.54, 1.807) is 23.9 Å². The third-order valence-electron chi connectivity index (χ3n) is 2.29. The van der Waals surface area contributed by atoms with Crippen molar-refractivity contribution < 1.29 is 13.2 Å². The number of nitrogens with one attached hydrogen (secondary N) is 1. The molecule has 108 valence electrons. The van der Waals surface area contributed by atoms with Crippen LogP contribution < -0.4 is 15.2 Å². The second kappa shape index (κ2) is 7.74.